The highest BCUT2D eigenvalue weighted by Gasteiger charge is 2.41. The van der Waals surface area contributed by atoms with Crippen LogP contribution in [0.2, 0.25) is 0 Å². The van der Waals surface area contributed by atoms with Gasteiger partial charge in [-0.25, -0.2) is 0 Å². The van der Waals surface area contributed by atoms with Gasteiger partial charge in [0.1, 0.15) is 5.69 Å². The maximum atomic E-state index is 12.3. The quantitative estimate of drug-likeness (QED) is 0.844. The standard InChI is InChI=1S/C14H24N4O/c1-9(2)12-7-11(17-18(12)4)13(19)16-14(3,8-15)10-5-6-10/h7,9-10H,5-6,8,15H2,1-4H3,(H,16,19). The van der Waals surface area contributed by atoms with Crippen LogP contribution in [0.15, 0.2) is 6.07 Å². The van der Waals surface area contributed by atoms with Crippen LogP contribution in [-0.2, 0) is 7.05 Å². The van der Waals surface area contributed by atoms with Gasteiger partial charge in [0.25, 0.3) is 5.91 Å². The van der Waals surface area contributed by atoms with Crippen LogP contribution >= 0.6 is 0 Å². The molecule has 0 aromatic carbocycles. The zero-order chi connectivity index (χ0) is 14.2. The van der Waals surface area contributed by atoms with Crippen LogP contribution in [0.3, 0.4) is 0 Å². The molecule has 19 heavy (non-hydrogen) atoms. The van der Waals surface area contributed by atoms with Gasteiger partial charge in [0.2, 0.25) is 0 Å². The molecule has 1 aliphatic carbocycles. The summed E-state index contributed by atoms with van der Waals surface area (Å²) in [4.78, 5) is 12.3. The van der Waals surface area contributed by atoms with Crippen LogP contribution in [0.1, 0.15) is 55.7 Å². The van der Waals surface area contributed by atoms with E-state index in [4.69, 9.17) is 5.73 Å². The van der Waals surface area contributed by atoms with Gasteiger partial charge in [-0.1, -0.05) is 13.8 Å². The van der Waals surface area contributed by atoms with Crippen LogP contribution < -0.4 is 11.1 Å². The Hall–Kier alpha value is -1.36. The fourth-order valence-electron chi connectivity index (χ4n) is 2.50. The summed E-state index contributed by atoms with van der Waals surface area (Å²) in [6.45, 7) is 6.67. The van der Waals surface area contributed by atoms with Crippen molar-refractivity contribution in [3.63, 3.8) is 0 Å². The fraction of sp³-hybridized carbons (Fsp3) is 0.714. The summed E-state index contributed by atoms with van der Waals surface area (Å²) in [5.41, 5.74) is 7.06. The van der Waals surface area contributed by atoms with Crippen molar-refractivity contribution in [3.05, 3.63) is 17.5 Å². The highest BCUT2D eigenvalue weighted by atomic mass is 16.2. The average Bonchev–Trinajstić information content (AvgIpc) is 3.12. The van der Waals surface area contributed by atoms with E-state index in [1.807, 2.05) is 20.0 Å². The van der Waals surface area contributed by atoms with Crippen molar-refractivity contribution < 1.29 is 4.79 Å². The Morgan fingerprint density at radius 1 is 1.63 bits per heavy atom. The SMILES string of the molecule is CC(C)c1cc(C(=O)NC(C)(CN)C2CC2)nn1C. The van der Waals surface area contributed by atoms with Crippen LogP contribution in [-0.4, -0.2) is 27.8 Å². The number of carbonyl (C=O) groups is 1. The molecule has 0 spiro atoms. The first-order valence-electron chi connectivity index (χ1n) is 6.94. The summed E-state index contributed by atoms with van der Waals surface area (Å²) in [6, 6.07) is 1.86. The number of nitrogens with one attached hydrogen (secondary N) is 1. The van der Waals surface area contributed by atoms with Gasteiger partial charge in [-0.15, -0.1) is 0 Å². The van der Waals surface area contributed by atoms with E-state index in [9.17, 15) is 4.79 Å². The van der Waals surface area contributed by atoms with Gasteiger partial charge in [-0.2, -0.15) is 5.10 Å². The van der Waals surface area contributed by atoms with Crippen LogP contribution in [0.25, 0.3) is 0 Å². The Balaban J connectivity index is 2.13. The van der Waals surface area contributed by atoms with E-state index in [1.165, 1.54) is 0 Å². The Labute approximate surface area is 114 Å². The second-order valence-electron chi connectivity index (χ2n) is 6.08. The molecule has 0 radical (unpaired) electrons. The average molecular weight is 264 g/mol. The van der Waals surface area contributed by atoms with E-state index < -0.39 is 0 Å². The smallest absolute Gasteiger partial charge is 0.272 e. The maximum absolute atomic E-state index is 12.3. The van der Waals surface area contributed by atoms with Crippen LogP contribution in [0.5, 0.6) is 0 Å². The summed E-state index contributed by atoms with van der Waals surface area (Å²) >= 11 is 0. The predicted molar refractivity (Wildman–Crippen MR) is 74.9 cm³/mol. The van der Waals surface area contributed by atoms with E-state index in [0.29, 0.717) is 24.1 Å². The maximum Gasteiger partial charge on any atom is 0.272 e. The van der Waals surface area contributed by atoms with Gasteiger partial charge in [0.05, 0.1) is 5.54 Å². The second-order valence-corrected chi connectivity index (χ2v) is 6.08. The number of aryl methyl sites for hydroxylation is 1. The molecule has 1 heterocycles. The summed E-state index contributed by atoms with van der Waals surface area (Å²) in [6.07, 6.45) is 2.29. The molecule has 1 amide bonds. The molecule has 0 aliphatic heterocycles. The summed E-state index contributed by atoms with van der Waals surface area (Å²) in [5.74, 6) is 0.737. The molecule has 1 unspecified atom stereocenters. The first-order valence-corrected chi connectivity index (χ1v) is 6.94. The number of nitrogens with zero attached hydrogens (tertiary/aromatic N) is 2. The Kier molecular flexibility index (Phi) is 3.67. The molecule has 1 aromatic rings. The van der Waals surface area contributed by atoms with E-state index in [2.05, 4.69) is 24.3 Å². The van der Waals surface area contributed by atoms with E-state index in [0.717, 1.165) is 18.5 Å². The molecule has 1 aliphatic rings. The normalized spacial score (nSPS) is 18.4. The van der Waals surface area contributed by atoms with E-state index in [1.54, 1.807) is 4.68 Å². The Bertz CT molecular complexity index is 476. The highest BCUT2D eigenvalue weighted by molar-refractivity contribution is 5.93. The molecule has 1 aromatic heterocycles. The highest BCUT2D eigenvalue weighted by Crippen LogP contribution is 2.39. The first kappa shape index (κ1) is 14.1. The number of nitrogens with two attached hydrogens (primary N) is 1. The number of aromatic nitrogens is 2. The fourth-order valence-corrected chi connectivity index (χ4v) is 2.50. The van der Waals surface area contributed by atoms with E-state index in [-0.39, 0.29) is 11.4 Å². The minimum absolute atomic E-state index is 0.123. The van der Waals surface area contributed by atoms with Crippen molar-refractivity contribution in [2.24, 2.45) is 18.7 Å². The number of rotatable bonds is 5. The van der Waals surface area contributed by atoms with Gasteiger partial charge in [0, 0.05) is 19.3 Å². The molecule has 5 nitrogen and oxygen atoms in total. The third-order valence-corrected chi connectivity index (χ3v) is 4.04. The largest absolute Gasteiger partial charge is 0.344 e. The van der Waals surface area contributed by atoms with Gasteiger partial charge in [0.15, 0.2) is 0 Å². The zero-order valence-electron chi connectivity index (χ0n) is 12.2. The lowest BCUT2D eigenvalue weighted by Gasteiger charge is -2.29. The molecule has 2 rings (SSSR count). The predicted octanol–water partition coefficient (Wildman–Crippen LogP) is 1.40. The topological polar surface area (TPSA) is 72.9 Å². The Morgan fingerprint density at radius 2 is 2.26 bits per heavy atom. The molecule has 1 atom stereocenters. The van der Waals surface area contributed by atoms with Gasteiger partial charge in [-0.3, -0.25) is 9.48 Å². The molecule has 5 heteroatoms. The minimum atomic E-state index is -0.299. The van der Waals surface area contributed by atoms with Gasteiger partial charge in [-0.05, 0) is 37.7 Å². The molecule has 1 saturated carbocycles. The molecule has 106 valence electrons. The van der Waals surface area contributed by atoms with Crippen molar-refractivity contribution >= 4 is 5.91 Å². The second kappa shape index (κ2) is 4.96. The number of amides is 1. The molecular weight excluding hydrogens is 240 g/mol. The van der Waals surface area contributed by atoms with E-state index >= 15 is 0 Å². The first-order chi connectivity index (χ1) is 8.87. The number of hydrogen-bond acceptors (Lipinski definition) is 3. The van der Waals surface area contributed by atoms with Gasteiger partial charge < -0.3 is 11.1 Å². The monoisotopic (exact) mass is 264 g/mol. The molecular formula is C14H24N4O. The van der Waals surface area contributed by atoms with Crippen molar-refractivity contribution in [1.82, 2.24) is 15.1 Å². The van der Waals surface area contributed by atoms with Crippen molar-refractivity contribution in [3.8, 4) is 0 Å². The van der Waals surface area contributed by atoms with Crippen molar-refractivity contribution in [1.29, 1.82) is 0 Å². The molecule has 1 fully saturated rings. The van der Waals surface area contributed by atoms with Gasteiger partial charge >= 0.3 is 0 Å². The molecule has 0 saturated heterocycles. The van der Waals surface area contributed by atoms with Crippen LogP contribution in [0.4, 0.5) is 0 Å². The summed E-state index contributed by atoms with van der Waals surface area (Å²) in [7, 11) is 1.87. The lowest BCUT2D eigenvalue weighted by atomic mass is 9.96. The summed E-state index contributed by atoms with van der Waals surface area (Å²) in [5, 5.41) is 7.35. The molecule has 3 N–H and O–H groups in total. The number of hydrogen-bond donors (Lipinski definition) is 2. The lowest BCUT2D eigenvalue weighted by molar-refractivity contribution is 0.0892. The van der Waals surface area contributed by atoms with Crippen LogP contribution in [0, 0.1) is 5.92 Å². The van der Waals surface area contributed by atoms with Crippen molar-refractivity contribution in [2.45, 2.75) is 45.1 Å². The zero-order valence-corrected chi connectivity index (χ0v) is 12.2. The number of carbonyl (C=O) groups excluding carboxylic acids is 1. The molecule has 0 bridgehead atoms. The minimum Gasteiger partial charge on any atom is -0.344 e. The lowest BCUT2D eigenvalue weighted by Crippen LogP contribution is -2.53. The third-order valence-electron chi connectivity index (χ3n) is 4.04. The Morgan fingerprint density at radius 3 is 2.68 bits per heavy atom. The van der Waals surface area contributed by atoms with Crippen molar-refractivity contribution in [2.75, 3.05) is 6.54 Å². The third kappa shape index (κ3) is 2.81. The summed E-state index contributed by atoms with van der Waals surface area (Å²) < 4.78 is 1.77.